The van der Waals surface area contributed by atoms with Gasteiger partial charge in [0.25, 0.3) is 0 Å². The van der Waals surface area contributed by atoms with E-state index in [0.717, 1.165) is 24.2 Å². The standard InChI is InChI=1S/C16H16F3NO/c1-2-20-9-11-6-7-16(15(19)8-11)21-10-12-13(17)4-3-5-14(12)18/h3-8,20H,2,9-10H2,1H3. The van der Waals surface area contributed by atoms with Crippen LogP contribution in [0.1, 0.15) is 18.1 Å². The molecule has 0 amide bonds. The summed E-state index contributed by atoms with van der Waals surface area (Å²) in [5.41, 5.74) is 0.562. The van der Waals surface area contributed by atoms with E-state index in [1.54, 1.807) is 6.07 Å². The van der Waals surface area contributed by atoms with E-state index in [-0.39, 0.29) is 17.9 Å². The van der Waals surface area contributed by atoms with E-state index in [1.165, 1.54) is 18.2 Å². The van der Waals surface area contributed by atoms with Crippen LogP contribution < -0.4 is 10.1 Å². The van der Waals surface area contributed by atoms with Gasteiger partial charge in [-0.05, 0) is 36.4 Å². The zero-order valence-corrected chi connectivity index (χ0v) is 11.6. The first-order valence-electron chi connectivity index (χ1n) is 6.66. The highest BCUT2D eigenvalue weighted by atomic mass is 19.1. The maximum Gasteiger partial charge on any atom is 0.165 e. The molecule has 2 aromatic rings. The Morgan fingerprint density at radius 3 is 2.33 bits per heavy atom. The summed E-state index contributed by atoms with van der Waals surface area (Å²) in [4.78, 5) is 0. The number of ether oxygens (including phenoxy) is 1. The van der Waals surface area contributed by atoms with E-state index < -0.39 is 17.5 Å². The van der Waals surface area contributed by atoms with Gasteiger partial charge in [0, 0.05) is 6.54 Å². The second-order valence-corrected chi connectivity index (χ2v) is 4.53. The Balaban J connectivity index is 2.06. The van der Waals surface area contributed by atoms with Crippen molar-refractivity contribution in [3.05, 3.63) is 65.0 Å². The van der Waals surface area contributed by atoms with E-state index in [0.29, 0.717) is 6.54 Å². The maximum atomic E-state index is 13.8. The molecule has 112 valence electrons. The van der Waals surface area contributed by atoms with Crippen molar-refractivity contribution in [2.24, 2.45) is 0 Å². The van der Waals surface area contributed by atoms with Gasteiger partial charge in [-0.2, -0.15) is 0 Å². The first kappa shape index (κ1) is 15.4. The normalized spacial score (nSPS) is 10.7. The fraction of sp³-hybridized carbons (Fsp3) is 0.250. The predicted molar refractivity (Wildman–Crippen MR) is 74.5 cm³/mol. The molecule has 0 saturated carbocycles. The van der Waals surface area contributed by atoms with Crippen LogP contribution in [0.5, 0.6) is 5.75 Å². The van der Waals surface area contributed by atoms with Crippen molar-refractivity contribution in [2.75, 3.05) is 6.54 Å². The Kier molecular flexibility index (Phi) is 5.22. The van der Waals surface area contributed by atoms with Crippen molar-refractivity contribution in [3.8, 4) is 5.75 Å². The van der Waals surface area contributed by atoms with E-state index in [1.807, 2.05) is 6.92 Å². The van der Waals surface area contributed by atoms with Crippen molar-refractivity contribution >= 4 is 0 Å². The van der Waals surface area contributed by atoms with Crippen molar-refractivity contribution in [1.82, 2.24) is 5.32 Å². The predicted octanol–water partition coefficient (Wildman–Crippen LogP) is 3.79. The second-order valence-electron chi connectivity index (χ2n) is 4.53. The Hall–Kier alpha value is -2.01. The van der Waals surface area contributed by atoms with Crippen LogP contribution >= 0.6 is 0 Å². The van der Waals surface area contributed by atoms with Crippen LogP contribution in [0.4, 0.5) is 13.2 Å². The molecular formula is C16H16F3NO. The highest BCUT2D eigenvalue weighted by molar-refractivity contribution is 5.30. The average Bonchev–Trinajstić information content (AvgIpc) is 2.46. The summed E-state index contributed by atoms with van der Waals surface area (Å²) in [6.45, 7) is 2.93. The summed E-state index contributed by atoms with van der Waals surface area (Å²) < 4.78 is 45.9. The number of benzene rings is 2. The van der Waals surface area contributed by atoms with Crippen molar-refractivity contribution in [1.29, 1.82) is 0 Å². The topological polar surface area (TPSA) is 21.3 Å². The SMILES string of the molecule is CCNCc1ccc(OCc2c(F)cccc2F)c(F)c1. The van der Waals surface area contributed by atoms with Gasteiger partial charge in [-0.25, -0.2) is 13.2 Å². The zero-order chi connectivity index (χ0) is 15.2. The monoisotopic (exact) mass is 295 g/mol. The molecule has 0 unspecified atom stereocenters. The lowest BCUT2D eigenvalue weighted by Gasteiger charge is -2.10. The molecule has 2 rings (SSSR count). The van der Waals surface area contributed by atoms with Crippen LogP contribution in [0.2, 0.25) is 0 Å². The van der Waals surface area contributed by atoms with Gasteiger partial charge >= 0.3 is 0 Å². The number of hydrogen-bond acceptors (Lipinski definition) is 2. The van der Waals surface area contributed by atoms with Crippen molar-refractivity contribution in [2.45, 2.75) is 20.1 Å². The van der Waals surface area contributed by atoms with Gasteiger partial charge in [0.15, 0.2) is 11.6 Å². The minimum atomic E-state index is -0.709. The highest BCUT2D eigenvalue weighted by Gasteiger charge is 2.11. The smallest absolute Gasteiger partial charge is 0.165 e. The molecule has 21 heavy (non-hydrogen) atoms. The lowest BCUT2D eigenvalue weighted by atomic mass is 10.2. The number of rotatable bonds is 6. The summed E-state index contributed by atoms with van der Waals surface area (Å²) in [5.74, 6) is -2.00. The molecule has 0 heterocycles. The Morgan fingerprint density at radius 1 is 1.00 bits per heavy atom. The Morgan fingerprint density at radius 2 is 1.71 bits per heavy atom. The molecule has 0 aliphatic rings. The maximum absolute atomic E-state index is 13.8. The van der Waals surface area contributed by atoms with E-state index in [2.05, 4.69) is 5.32 Å². The molecule has 0 aliphatic heterocycles. The van der Waals surface area contributed by atoms with Crippen LogP contribution in [0.15, 0.2) is 36.4 Å². The second kappa shape index (κ2) is 7.13. The lowest BCUT2D eigenvalue weighted by molar-refractivity contribution is 0.278. The molecule has 0 bridgehead atoms. The van der Waals surface area contributed by atoms with Crippen LogP contribution in [0.25, 0.3) is 0 Å². The van der Waals surface area contributed by atoms with Gasteiger partial charge in [-0.3, -0.25) is 0 Å². The molecule has 1 N–H and O–H groups in total. The zero-order valence-electron chi connectivity index (χ0n) is 11.6. The molecule has 2 aromatic carbocycles. The first-order chi connectivity index (χ1) is 10.1. The third kappa shape index (κ3) is 3.98. The fourth-order valence-corrected chi connectivity index (χ4v) is 1.86. The van der Waals surface area contributed by atoms with Crippen molar-refractivity contribution < 1.29 is 17.9 Å². The lowest BCUT2D eigenvalue weighted by Crippen LogP contribution is -2.12. The molecule has 5 heteroatoms. The van der Waals surface area contributed by atoms with Crippen LogP contribution in [-0.4, -0.2) is 6.54 Å². The minimum Gasteiger partial charge on any atom is -0.486 e. The van der Waals surface area contributed by atoms with Crippen LogP contribution in [0.3, 0.4) is 0 Å². The molecule has 0 fully saturated rings. The molecule has 0 spiro atoms. The third-order valence-electron chi connectivity index (χ3n) is 3.01. The summed E-state index contributed by atoms with van der Waals surface area (Å²) in [6.07, 6.45) is 0. The summed E-state index contributed by atoms with van der Waals surface area (Å²) in [5, 5.41) is 3.08. The molecule has 0 aromatic heterocycles. The van der Waals surface area contributed by atoms with Crippen molar-refractivity contribution in [3.63, 3.8) is 0 Å². The molecular weight excluding hydrogens is 279 g/mol. The summed E-state index contributed by atoms with van der Waals surface area (Å²) >= 11 is 0. The minimum absolute atomic E-state index is 0.0297. The van der Waals surface area contributed by atoms with Crippen LogP contribution in [-0.2, 0) is 13.2 Å². The van der Waals surface area contributed by atoms with Crippen LogP contribution in [0, 0.1) is 17.5 Å². The quantitative estimate of drug-likeness (QED) is 0.875. The van der Waals surface area contributed by atoms with E-state index in [9.17, 15) is 13.2 Å². The molecule has 0 radical (unpaired) electrons. The number of halogens is 3. The summed E-state index contributed by atoms with van der Waals surface area (Å²) in [7, 11) is 0. The highest BCUT2D eigenvalue weighted by Crippen LogP contribution is 2.21. The van der Waals surface area contributed by atoms with Gasteiger partial charge in [0.1, 0.15) is 18.2 Å². The third-order valence-corrected chi connectivity index (χ3v) is 3.01. The molecule has 0 aliphatic carbocycles. The largest absolute Gasteiger partial charge is 0.486 e. The van der Waals surface area contributed by atoms with Gasteiger partial charge in [-0.15, -0.1) is 0 Å². The van der Waals surface area contributed by atoms with Gasteiger partial charge in [-0.1, -0.05) is 19.1 Å². The number of hydrogen-bond donors (Lipinski definition) is 1. The molecule has 0 saturated heterocycles. The number of nitrogens with one attached hydrogen (secondary N) is 1. The Labute approximate surface area is 121 Å². The first-order valence-corrected chi connectivity index (χ1v) is 6.66. The van der Waals surface area contributed by atoms with Gasteiger partial charge < -0.3 is 10.1 Å². The molecule has 0 atom stereocenters. The van der Waals surface area contributed by atoms with E-state index >= 15 is 0 Å². The fourth-order valence-electron chi connectivity index (χ4n) is 1.86. The summed E-state index contributed by atoms with van der Waals surface area (Å²) in [6, 6.07) is 8.05. The van der Waals surface area contributed by atoms with E-state index in [4.69, 9.17) is 4.74 Å². The van der Waals surface area contributed by atoms with Gasteiger partial charge in [0.05, 0.1) is 5.56 Å². The Bertz CT molecular complexity index is 596. The van der Waals surface area contributed by atoms with Gasteiger partial charge in [0.2, 0.25) is 0 Å². The molecule has 2 nitrogen and oxygen atoms in total. The average molecular weight is 295 g/mol.